The van der Waals surface area contributed by atoms with Gasteiger partial charge in [-0.1, -0.05) is 36.5 Å². The van der Waals surface area contributed by atoms with E-state index in [2.05, 4.69) is 4.98 Å². The summed E-state index contributed by atoms with van der Waals surface area (Å²) in [5, 5.41) is -0.0247. The monoisotopic (exact) mass is 328 g/mol. The van der Waals surface area contributed by atoms with Crippen LogP contribution in [0.1, 0.15) is 30.1 Å². The number of carbonyl (C=O) groups is 1. The number of hydrogen-bond acceptors (Lipinski definition) is 2. The Kier molecular flexibility index (Phi) is 6.07. The number of pyridine rings is 1. The van der Waals surface area contributed by atoms with Crippen LogP contribution in [0.25, 0.3) is 0 Å². The topological polar surface area (TPSA) is 33.2 Å². The second-order valence-corrected chi connectivity index (χ2v) is 4.98. The summed E-state index contributed by atoms with van der Waals surface area (Å²) >= 11 is 11.4. The second-order valence-electron chi connectivity index (χ2n) is 4.18. The van der Waals surface area contributed by atoms with Gasteiger partial charge in [0.15, 0.2) is 0 Å². The van der Waals surface area contributed by atoms with Gasteiger partial charge < -0.3 is 4.90 Å². The van der Waals surface area contributed by atoms with Gasteiger partial charge >= 0.3 is 6.18 Å². The van der Waals surface area contributed by atoms with Crippen LogP contribution in [0.5, 0.6) is 0 Å². The van der Waals surface area contributed by atoms with Crippen molar-refractivity contribution in [3.05, 3.63) is 28.0 Å². The Hall–Kier alpha value is -1.01. The molecule has 0 radical (unpaired) electrons. The summed E-state index contributed by atoms with van der Waals surface area (Å²) in [5.74, 6) is -0.801. The number of amides is 1. The van der Waals surface area contributed by atoms with E-state index in [-0.39, 0.29) is 22.3 Å². The van der Waals surface area contributed by atoms with Crippen molar-refractivity contribution in [3.8, 4) is 0 Å². The fraction of sp³-hybridized carbons (Fsp3) is 0.500. The lowest BCUT2D eigenvalue weighted by Gasteiger charge is -2.24. The first-order valence-electron chi connectivity index (χ1n) is 5.91. The Morgan fingerprint density at radius 1 is 1.40 bits per heavy atom. The van der Waals surface area contributed by atoms with Crippen molar-refractivity contribution < 1.29 is 18.0 Å². The number of alkyl halides is 3. The summed E-state index contributed by atoms with van der Waals surface area (Å²) in [6.45, 7) is 0.514. The van der Waals surface area contributed by atoms with Crippen LogP contribution in [0.3, 0.4) is 0 Å². The number of unbranched alkanes of at least 4 members (excludes halogenated alkanes) is 1. The average Bonchev–Trinajstić information content (AvgIpc) is 2.35. The molecule has 1 aromatic heterocycles. The first-order valence-corrected chi connectivity index (χ1v) is 6.67. The van der Waals surface area contributed by atoms with Gasteiger partial charge in [0.25, 0.3) is 5.91 Å². The van der Waals surface area contributed by atoms with E-state index >= 15 is 0 Å². The molecule has 20 heavy (non-hydrogen) atoms. The molecule has 0 aromatic carbocycles. The molecule has 0 aliphatic rings. The van der Waals surface area contributed by atoms with Crippen molar-refractivity contribution >= 4 is 29.1 Å². The summed E-state index contributed by atoms with van der Waals surface area (Å²) in [7, 11) is 0. The molecule has 0 aliphatic heterocycles. The Bertz CT molecular complexity index is 480. The van der Waals surface area contributed by atoms with Gasteiger partial charge in [0.1, 0.15) is 11.7 Å². The fourth-order valence-electron chi connectivity index (χ4n) is 1.57. The number of aromatic nitrogens is 1. The summed E-state index contributed by atoms with van der Waals surface area (Å²) in [5.41, 5.74) is -0.0768. The van der Waals surface area contributed by atoms with E-state index in [1.807, 2.05) is 6.92 Å². The molecule has 0 saturated heterocycles. The molecule has 3 nitrogen and oxygen atoms in total. The fourth-order valence-corrected chi connectivity index (χ4v) is 1.91. The Balaban J connectivity index is 2.99. The molecule has 0 fully saturated rings. The first kappa shape index (κ1) is 17.0. The zero-order valence-electron chi connectivity index (χ0n) is 10.7. The van der Waals surface area contributed by atoms with Crippen molar-refractivity contribution in [1.82, 2.24) is 9.88 Å². The van der Waals surface area contributed by atoms with Crippen molar-refractivity contribution in [1.29, 1.82) is 0 Å². The smallest absolute Gasteiger partial charge is 0.329 e. The van der Waals surface area contributed by atoms with Crippen LogP contribution in [0.4, 0.5) is 13.2 Å². The van der Waals surface area contributed by atoms with Crippen molar-refractivity contribution in [2.75, 3.05) is 13.1 Å². The van der Waals surface area contributed by atoms with Crippen molar-refractivity contribution in [2.24, 2.45) is 0 Å². The molecule has 0 saturated carbocycles. The number of halogens is 5. The molecule has 0 bridgehead atoms. The third-order valence-corrected chi connectivity index (χ3v) is 3.00. The zero-order valence-corrected chi connectivity index (χ0v) is 12.2. The van der Waals surface area contributed by atoms with Crippen molar-refractivity contribution in [3.63, 3.8) is 0 Å². The van der Waals surface area contributed by atoms with Gasteiger partial charge in [-0.15, -0.1) is 0 Å². The first-order chi connectivity index (χ1) is 9.24. The number of rotatable bonds is 5. The Labute approximate surface area is 124 Å². The molecule has 8 heteroatoms. The highest BCUT2D eigenvalue weighted by molar-refractivity contribution is 6.35. The van der Waals surface area contributed by atoms with E-state index in [4.69, 9.17) is 23.2 Å². The summed E-state index contributed by atoms with van der Waals surface area (Å²) < 4.78 is 37.6. The average molecular weight is 329 g/mol. The molecule has 0 spiro atoms. The molecule has 112 valence electrons. The van der Waals surface area contributed by atoms with Crippen LogP contribution in [-0.2, 0) is 0 Å². The molecule has 0 atom stereocenters. The van der Waals surface area contributed by atoms with E-state index in [1.165, 1.54) is 6.07 Å². The van der Waals surface area contributed by atoms with Gasteiger partial charge in [0.2, 0.25) is 0 Å². The molecule has 1 rings (SSSR count). The zero-order chi connectivity index (χ0) is 15.3. The molecule has 0 aliphatic carbocycles. The van der Waals surface area contributed by atoms with Crippen LogP contribution in [0.2, 0.25) is 10.2 Å². The predicted octanol–water partition coefficient (Wildman–Crippen LogP) is 4.19. The van der Waals surface area contributed by atoms with Gasteiger partial charge in [-0.2, -0.15) is 13.2 Å². The summed E-state index contributed by atoms with van der Waals surface area (Å²) in [6.07, 6.45) is -2.18. The number of nitrogens with zero attached hydrogens (tertiary/aromatic N) is 2. The van der Waals surface area contributed by atoms with E-state index < -0.39 is 18.6 Å². The predicted molar refractivity (Wildman–Crippen MR) is 71.1 cm³/mol. The molecular formula is C12H13Cl2F3N2O. The lowest BCUT2D eigenvalue weighted by atomic mass is 10.2. The Morgan fingerprint density at radius 2 is 2.05 bits per heavy atom. The van der Waals surface area contributed by atoms with Crippen LogP contribution in [0, 0.1) is 0 Å². The van der Waals surface area contributed by atoms with Gasteiger partial charge in [0, 0.05) is 12.7 Å². The summed E-state index contributed by atoms with van der Waals surface area (Å²) in [6, 6.07) is 1.17. The SMILES string of the molecule is CCCCN(CC(F)(F)F)C(=O)c1cc(Cl)ncc1Cl. The molecular weight excluding hydrogens is 316 g/mol. The largest absolute Gasteiger partial charge is 0.406 e. The van der Waals surface area contributed by atoms with Crippen LogP contribution < -0.4 is 0 Å². The van der Waals surface area contributed by atoms with E-state index in [9.17, 15) is 18.0 Å². The molecule has 1 amide bonds. The Morgan fingerprint density at radius 3 is 2.60 bits per heavy atom. The molecule has 1 heterocycles. The minimum absolute atomic E-state index is 0.000185. The second kappa shape index (κ2) is 7.13. The maximum atomic E-state index is 12.5. The lowest BCUT2D eigenvalue weighted by Crippen LogP contribution is -2.39. The highest BCUT2D eigenvalue weighted by atomic mass is 35.5. The van der Waals surface area contributed by atoms with Crippen LogP contribution in [-0.4, -0.2) is 35.1 Å². The van der Waals surface area contributed by atoms with Gasteiger partial charge in [-0.25, -0.2) is 4.98 Å². The van der Waals surface area contributed by atoms with E-state index in [0.29, 0.717) is 12.8 Å². The number of hydrogen-bond donors (Lipinski definition) is 0. The minimum atomic E-state index is -4.47. The normalized spacial score (nSPS) is 11.5. The highest BCUT2D eigenvalue weighted by Crippen LogP contribution is 2.23. The minimum Gasteiger partial charge on any atom is -0.329 e. The highest BCUT2D eigenvalue weighted by Gasteiger charge is 2.33. The molecule has 0 unspecified atom stereocenters. The van der Waals surface area contributed by atoms with Gasteiger partial charge in [-0.05, 0) is 12.5 Å². The maximum Gasteiger partial charge on any atom is 0.406 e. The van der Waals surface area contributed by atoms with Crippen LogP contribution in [0.15, 0.2) is 12.3 Å². The van der Waals surface area contributed by atoms with E-state index in [1.54, 1.807) is 0 Å². The van der Waals surface area contributed by atoms with Gasteiger partial charge in [-0.3, -0.25) is 4.79 Å². The lowest BCUT2D eigenvalue weighted by molar-refractivity contribution is -0.140. The quantitative estimate of drug-likeness (QED) is 0.759. The molecule has 0 N–H and O–H groups in total. The third kappa shape index (κ3) is 5.17. The number of carbonyl (C=O) groups excluding carboxylic acids is 1. The standard InChI is InChI=1S/C12H13Cl2F3N2O/c1-2-3-4-19(7-12(15,16)17)11(20)8-5-10(14)18-6-9(8)13/h5-6H,2-4,7H2,1H3. The van der Waals surface area contributed by atoms with Crippen molar-refractivity contribution in [2.45, 2.75) is 25.9 Å². The van der Waals surface area contributed by atoms with E-state index in [0.717, 1.165) is 11.1 Å². The molecule has 1 aromatic rings. The summed E-state index contributed by atoms with van der Waals surface area (Å²) in [4.78, 5) is 16.5. The van der Waals surface area contributed by atoms with Gasteiger partial charge in [0.05, 0.1) is 10.6 Å². The maximum absolute atomic E-state index is 12.5. The van der Waals surface area contributed by atoms with Crippen LogP contribution >= 0.6 is 23.2 Å². The third-order valence-electron chi connectivity index (χ3n) is 2.49.